The van der Waals surface area contributed by atoms with Gasteiger partial charge in [-0.05, 0) is 67.1 Å². The summed E-state index contributed by atoms with van der Waals surface area (Å²) >= 11 is 0. The zero-order valence-corrected chi connectivity index (χ0v) is 18.5. The van der Waals surface area contributed by atoms with Crippen molar-refractivity contribution in [2.24, 2.45) is 7.05 Å². The zero-order valence-electron chi connectivity index (χ0n) is 18.5. The van der Waals surface area contributed by atoms with Gasteiger partial charge in [0.25, 0.3) is 11.5 Å². The van der Waals surface area contributed by atoms with Crippen LogP contribution in [0.2, 0.25) is 0 Å². The van der Waals surface area contributed by atoms with E-state index in [1.165, 1.54) is 16.8 Å². The van der Waals surface area contributed by atoms with E-state index in [0.717, 1.165) is 0 Å². The second-order valence-electron chi connectivity index (χ2n) is 7.43. The Labute approximate surface area is 186 Å². The van der Waals surface area contributed by atoms with Crippen molar-refractivity contribution < 1.29 is 13.9 Å². The molecule has 3 aromatic rings. The topological polar surface area (TPSA) is 73.2 Å². The van der Waals surface area contributed by atoms with Gasteiger partial charge in [-0.25, -0.2) is 9.07 Å². The maximum atomic E-state index is 13.8. The zero-order chi connectivity index (χ0) is 23.4. The molecular weight excluding hydrogens is 409 g/mol. The number of amides is 1. The molecule has 1 heterocycles. The molecule has 6 nitrogen and oxygen atoms in total. The molecule has 0 spiro atoms. The van der Waals surface area contributed by atoms with Gasteiger partial charge >= 0.3 is 0 Å². The third-order valence-corrected chi connectivity index (χ3v) is 5.09. The number of rotatable bonds is 6. The Kier molecular flexibility index (Phi) is 6.74. The molecular formula is C25H24FN3O3. The number of hydrogen-bond acceptors (Lipinski definition) is 4. The number of nitrogens with zero attached hydrogens (tertiary/aromatic N) is 2. The van der Waals surface area contributed by atoms with Crippen LogP contribution in [0.15, 0.2) is 41.2 Å². The Balaban J connectivity index is 2.21. The lowest BCUT2D eigenvalue weighted by atomic mass is 10.0. The van der Waals surface area contributed by atoms with Crippen LogP contribution >= 0.6 is 0 Å². The maximum absolute atomic E-state index is 13.8. The lowest BCUT2D eigenvalue weighted by molar-refractivity contribution is -0.115. The SMILES string of the molecule is C#CC(=O)NCc1cccc(Oc2c(C)cc(F)cc2C)c1-c1cc(CC)c(=O)n(C)n1. The van der Waals surface area contributed by atoms with Crippen LogP contribution in [0.1, 0.15) is 29.2 Å². The van der Waals surface area contributed by atoms with E-state index < -0.39 is 5.91 Å². The Hall–Kier alpha value is -3.92. The van der Waals surface area contributed by atoms with Crippen molar-refractivity contribution in [2.75, 3.05) is 0 Å². The number of carbonyl (C=O) groups is 1. The van der Waals surface area contributed by atoms with E-state index in [1.54, 1.807) is 39.1 Å². The summed E-state index contributed by atoms with van der Waals surface area (Å²) in [4.78, 5) is 24.0. The number of terminal acetylenes is 1. The molecule has 0 saturated heterocycles. The fourth-order valence-corrected chi connectivity index (χ4v) is 3.54. The standard InChI is InChI=1S/C25H24FN3O3/c1-6-17-13-20(28-29(5)25(17)31)23-18(14-27-22(30)7-2)9-8-10-21(23)32-24-15(3)11-19(26)12-16(24)4/h2,8-13H,6,14H2,1,3-5H3,(H,27,30). The van der Waals surface area contributed by atoms with Gasteiger partial charge in [0.1, 0.15) is 17.3 Å². The first-order valence-corrected chi connectivity index (χ1v) is 10.1. The average Bonchev–Trinajstić information content (AvgIpc) is 2.76. The smallest absolute Gasteiger partial charge is 0.295 e. The van der Waals surface area contributed by atoms with E-state index in [-0.39, 0.29) is 17.9 Å². The molecule has 164 valence electrons. The molecule has 7 heteroatoms. The van der Waals surface area contributed by atoms with Gasteiger partial charge in [-0.15, -0.1) is 6.42 Å². The summed E-state index contributed by atoms with van der Waals surface area (Å²) in [5.41, 5.74) is 3.53. The number of ether oxygens (including phenoxy) is 1. The highest BCUT2D eigenvalue weighted by Gasteiger charge is 2.18. The van der Waals surface area contributed by atoms with Crippen molar-refractivity contribution in [3.63, 3.8) is 0 Å². The normalized spacial score (nSPS) is 10.5. The van der Waals surface area contributed by atoms with Gasteiger partial charge in [-0.2, -0.15) is 5.10 Å². The highest BCUT2D eigenvalue weighted by atomic mass is 19.1. The van der Waals surface area contributed by atoms with Crippen LogP contribution in [-0.2, 0) is 24.8 Å². The maximum Gasteiger partial charge on any atom is 0.295 e. The molecule has 32 heavy (non-hydrogen) atoms. The van der Waals surface area contributed by atoms with Gasteiger partial charge < -0.3 is 10.1 Å². The first kappa shape index (κ1) is 22.8. The van der Waals surface area contributed by atoms with Crippen LogP contribution < -0.4 is 15.6 Å². The molecule has 0 aliphatic heterocycles. The molecule has 0 bridgehead atoms. The minimum absolute atomic E-state index is 0.142. The Morgan fingerprint density at radius 2 is 1.91 bits per heavy atom. The molecule has 0 radical (unpaired) electrons. The third kappa shape index (κ3) is 4.70. The second kappa shape index (κ2) is 9.48. The molecule has 1 amide bonds. The Bertz CT molecular complexity index is 1270. The molecule has 0 saturated carbocycles. The molecule has 0 aliphatic rings. The van der Waals surface area contributed by atoms with Gasteiger partial charge in [0.15, 0.2) is 0 Å². The summed E-state index contributed by atoms with van der Waals surface area (Å²) in [5.74, 6) is 2.13. The minimum Gasteiger partial charge on any atom is -0.456 e. The van der Waals surface area contributed by atoms with Gasteiger partial charge in [0, 0.05) is 24.7 Å². The number of carbonyl (C=O) groups excluding carboxylic acids is 1. The van der Waals surface area contributed by atoms with E-state index in [0.29, 0.717) is 51.4 Å². The van der Waals surface area contributed by atoms with Crippen LogP contribution in [-0.4, -0.2) is 15.7 Å². The number of aromatic nitrogens is 2. The van der Waals surface area contributed by atoms with Crippen molar-refractivity contribution in [1.29, 1.82) is 0 Å². The van der Waals surface area contributed by atoms with Crippen LogP contribution in [0, 0.1) is 32.0 Å². The van der Waals surface area contributed by atoms with E-state index in [4.69, 9.17) is 11.2 Å². The summed E-state index contributed by atoms with van der Waals surface area (Å²) in [7, 11) is 1.59. The molecule has 1 aromatic heterocycles. The monoisotopic (exact) mass is 433 g/mol. The number of benzene rings is 2. The fraction of sp³-hybridized carbons (Fsp3) is 0.240. The molecule has 3 rings (SSSR count). The van der Waals surface area contributed by atoms with Gasteiger partial charge in [-0.1, -0.05) is 19.1 Å². The quantitative estimate of drug-likeness (QED) is 0.600. The first-order valence-electron chi connectivity index (χ1n) is 10.1. The average molecular weight is 433 g/mol. The van der Waals surface area contributed by atoms with Gasteiger partial charge in [0.2, 0.25) is 0 Å². The van der Waals surface area contributed by atoms with Crippen LogP contribution in [0.5, 0.6) is 11.5 Å². The summed E-state index contributed by atoms with van der Waals surface area (Å²) in [6.07, 6.45) is 5.70. The molecule has 0 unspecified atom stereocenters. The van der Waals surface area contributed by atoms with Crippen molar-refractivity contribution in [3.8, 4) is 35.1 Å². The number of nitrogens with one attached hydrogen (secondary N) is 1. The summed E-state index contributed by atoms with van der Waals surface area (Å²) < 4.78 is 21.3. The van der Waals surface area contributed by atoms with E-state index in [1.807, 2.05) is 18.9 Å². The summed E-state index contributed by atoms with van der Waals surface area (Å²) in [6, 6.07) is 9.90. The summed E-state index contributed by atoms with van der Waals surface area (Å²) in [5, 5.41) is 7.09. The van der Waals surface area contributed by atoms with Crippen LogP contribution in [0.4, 0.5) is 4.39 Å². The van der Waals surface area contributed by atoms with E-state index in [9.17, 15) is 14.0 Å². The van der Waals surface area contributed by atoms with E-state index >= 15 is 0 Å². The summed E-state index contributed by atoms with van der Waals surface area (Å²) in [6.45, 7) is 5.56. The Morgan fingerprint density at radius 1 is 1.22 bits per heavy atom. The highest BCUT2D eigenvalue weighted by Crippen LogP contribution is 2.38. The first-order chi connectivity index (χ1) is 15.2. The van der Waals surface area contributed by atoms with Crippen molar-refractivity contribution in [3.05, 3.63) is 74.8 Å². The van der Waals surface area contributed by atoms with Crippen LogP contribution in [0.3, 0.4) is 0 Å². The third-order valence-electron chi connectivity index (χ3n) is 5.09. The molecule has 0 atom stereocenters. The predicted octanol–water partition coefficient (Wildman–Crippen LogP) is 3.81. The lowest BCUT2D eigenvalue weighted by Gasteiger charge is -2.18. The molecule has 0 aliphatic carbocycles. The van der Waals surface area contributed by atoms with Crippen LogP contribution in [0.25, 0.3) is 11.3 Å². The van der Waals surface area contributed by atoms with Crippen molar-refractivity contribution in [2.45, 2.75) is 33.7 Å². The molecule has 2 aromatic carbocycles. The van der Waals surface area contributed by atoms with Gasteiger partial charge in [-0.3, -0.25) is 9.59 Å². The molecule has 0 fully saturated rings. The van der Waals surface area contributed by atoms with E-state index in [2.05, 4.69) is 10.4 Å². The number of hydrogen-bond donors (Lipinski definition) is 1. The second-order valence-corrected chi connectivity index (χ2v) is 7.43. The molecule has 1 N–H and O–H groups in total. The number of aryl methyl sites for hydroxylation is 4. The highest BCUT2D eigenvalue weighted by molar-refractivity contribution is 5.92. The minimum atomic E-state index is -0.546. The fourth-order valence-electron chi connectivity index (χ4n) is 3.54. The largest absolute Gasteiger partial charge is 0.456 e. The number of halogens is 1. The van der Waals surface area contributed by atoms with Gasteiger partial charge in [0.05, 0.1) is 5.69 Å². The van der Waals surface area contributed by atoms with Crippen molar-refractivity contribution >= 4 is 5.91 Å². The lowest BCUT2D eigenvalue weighted by Crippen LogP contribution is -2.24. The van der Waals surface area contributed by atoms with Crippen molar-refractivity contribution in [1.82, 2.24) is 15.1 Å². The predicted molar refractivity (Wildman–Crippen MR) is 121 cm³/mol. The Morgan fingerprint density at radius 3 is 2.53 bits per heavy atom.